The van der Waals surface area contributed by atoms with Crippen molar-refractivity contribution in [3.63, 3.8) is 0 Å². The molecule has 0 amide bonds. The van der Waals surface area contributed by atoms with Gasteiger partial charge in [-0.15, -0.1) is 0 Å². The van der Waals surface area contributed by atoms with Gasteiger partial charge in [-0.2, -0.15) is 0 Å². The highest BCUT2D eigenvalue weighted by Crippen LogP contribution is 2.20. The first-order chi connectivity index (χ1) is 6.77. The first-order valence-electron chi connectivity index (χ1n) is 4.84. The molecular weight excluding hydrogens is 198 g/mol. The minimum absolute atomic E-state index is 0.292. The highest BCUT2D eigenvalue weighted by molar-refractivity contribution is 6.33. The summed E-state index contributed by atoms with van der Waals surface area (Å²) in [5, 5.41) is 3.94. The first kappa shape index (κ1) is 11.3. The van der Waals surface area contributed by atoms with Crippen molar-refractivity contribution in [2.75, 3.05) is 11.9 Å². The van der Waals surface area contributed by atoms with Gasteiger partial charge in [-0.1, -0.05) is 24.9 Å². The fourth-order valence-electron chi connectivity index (χ4n) is 1.31. The topological polar surface area (TPSA) is 50.9 Å². The molecule has 3 N–H and O–H groups in total. The van der Waals surface area contributed by atoms with Gasteiger partial charge in [-0.25, -0.2) is 0 Å². The van der Waals surface area contributed by atoms with E-state index in [0.29, 0.717) is 17.6 Å². The molecule has 0 spiro atoms. The van der Waals surface area contributed by atoms with Gasteiger partial charge in [0.25, 0.3) is 0 Å². The van der Waals surface area contributed by atoms with Gasteiger partial charge in [0.15, 0.2) is 0 Å². The largest absolute Gasteiger partial charge is 0.380 e. The predicted molar refractivity (Wildman–Crippen MR) is 60.6 cm³/mol. The van der Waals surface area contributed by atoms with Crippen LogP contribution in [0.15, 0.2) is 18.5 Å². The van der Waals surface area contributed by atoms with Crippen LogP contribution in [0.5, 0.6) is 0 Å². The van der Waals surface area contributed by atoms with Gasteiger partial charge in [-0.05, 0) is 12.5 Å². The van der Waals surface area contributed by atoms with Gasteiger partial charge >= 0.3 is 0 Å². The first-order valence-corrected chi connectivity index (χ1v) is 5.21. The van der Waals surface area contributed by atoms with E-state index in [1.165, 1.54) is 0 Å². The van der Waals surface area contributed by atoms with Gasteiger partial charge in [0.2, 0.25) is 0 Å². The standard InChI is InChI=1S/C10H16ClN3/c1-2-3-8(6-12)14-10-4-5-13-7-9(10)11/h4-5,7-8H,2-3,6,12H2,1H3,(H,13,14). The van der Waals surface area contributed by atoms with Crippen LogP contribution in [0.1, 0.15) is 19.8 Å². The molecule has 0 aliphatic rings. The second-order valence-electron chi connectivity index (χ2n) is 3.22. The summed E-state index contributed by atoms with van der Waals surface area (Å²) in [6.07, 6.45) is 5.50. The van der Waals surface area contributed by atoms with E-state index in [1.807, 2.05) is 6.07 Å². The van der Waals surface area contributed by atoms with Crippen molar-refractivity contribution in [3.05, 3.63) is 23.5 Å². The van der Waals surface area contributed by atoms with Crippen LogP contribution in [0.25, 0.3) is 0 Å². The smallest absolute Gasteiger partial charge is 0.0820 e. The summed E-state index contributed by atoms with van der Waals surface area (Å²) in [5.74, 6) is 0. The van der Waals surface area contributed by atoms with E-state index < -0.39 is 0 Å². The van der Waals surface area contributed by atoms with Crippen molar-refractivity contribution in [3.8, 4) is 0 Å². The minimum Gasteiger partial charge on any atom is -0.380 e. The molecule has 4 heteroatoms. The highest BCUT2D eigenvalue weighted by atomic mass is 35.5. The molecule has 14 heavy (non-hydrogen) atoms. The Bertz CT molecular complexity index is 278. The Morgan fingerprint density at radius 2 is 2.43 bits per heavy atom. The molecular formula is C10H16ClN3. The van der Waals surface area contributed by atoms with Crippen LogP contribution in [0.3, 0.4) is 0 Å². The summed E-state index contributed by atoms with van der Waals surface area (Å²) in [7, 11) is 0. The molecule has 0 aliphatic heterocycles. The van der Waals surface area contributed by atoms with E-state index in [2.05, 4.69) is 17.2 Å². The van der Waals surface area contributed by atoms with Crippen molar-refractivity contribution in [1.29, 1.82) is 0 Å². The zero-order chi connectivity index (χ0) is 10.4. The van der Waals surface area contributed by atoms with Crippen LogP contribution >= 0.6 is 11.6 Å². The summed E-state index contributed by atoms with van der Waals surface area (Å²) in [6, 6.07) is 2.15. The molecule has 0 aliphatic carbocycles. The van der Waals surface area contributed by atoms with Crippen molar-refractivity contribution < 1.29 is 0 Å². The molecule has 0 aromatic carbocycles. The molecule has 0 fully saturated rings. The fourth-order valence-corrected chi connectivity index (χ4v) is 1.48. The van der Waals surface area contributed by atoms with Crippen LogP contribution in [0, 0.1) is 0 Å². The maximum absolute atomic E-state index is 5.96. The summed E-state index contributed by atoms with van der Waals surface area (Å²) >= 11 is 5.96. The molecule has 1 unspecified atom stereocenters. The zero-order valence-corrected chi connectivity index (χ0v) is 9.09. The summed E-state index contributed by atoms with van der Waals surface area (Å²) in [6.45, 7) is 2.75. The summed E-state index contributed by atoms with van der Waals surface area (Å²) in [5.41, 5.74) is 6.54. The lowest BCUT2D eigenvalue weighted by atomic mass is 10.1. The maximum Gasteiger partial charge on any atom is 0.0820 e. The van der Waals surface area contributed by atoms with E-state index in [9.17, 15) is 0 Å². The Labute approximate surface area is 89.7 Å². The number of pyridine rings is 1. The van der Waals surface area contributed by atoms with Crippen LogP contribution in [-0.4, -0.2) is 17.6 Å². The Morgan fingerprint density at radius 3 is 3.00 bits per heavy atom. The lowest BCUT2D eigenvalue weighted by Gasteiger charge is -2.17. The molecule has 0 radical (unpaired) electrons. The molecule has 1 aromatic rings. The number of rotatable bonds is 5. The van der Waals surface area contributed by atoms with Crippen LogP contribution in [0.4, 0.5) is 5.69 Å². The average Bonchev–Trinajstić information content (AvgIpc) is 2.20. The molecule has 1 rings (SSSR count). The molecule has 0 bridgehead atoms. The molecule has 78 valence electrons. The van der Waals surface area contributed by atoms with Crippen LogP contribution < -0.4 is 11.1 Å². The number of nitrogens with zero attached hydrogens (tertiary/aromatic N) is 1. The summed E-state index contributed by atoms with van der Waals surface area (Å²) in [4.78, 5) is 3.92. The lowest BCUT2D eigenvalue weighted by molar-refractivity contribution is 0.648. The Balaban J connectivity index is 2.62. The second kappa shape index (κ2) is 5.83. The van der Waals surface area contributed by atoms with Gasteiger partial charge < -0.3 is 11.1 Å². The number of aromatic nitrogens is 1. The third kappa shape index (κ3) is 3.16. The van der Waals surface area contributed by atoms with Crippen molar-refractivity contribution in [1.82, 2.24) is 4.98 Å². The average molecular weight is 214 g/mol. The van der Waals surface area contributed by atoms with Crippen molar-refractivity contribution in [2.24, 2.45) is 5.73 Å². The van der Waals surface area contributed by atoms with E-state index in [-0.39, 0.29) is 0 Å². The quantitative estimate of drug-likeness (QED) is 0.789. The lowest BCUT2D eigenvalue weighted by Crippen LogP contribution is -2.28. The number of nitrogens with two attached hydrogens (primary N) is 1. The number of hydrogen-bond acceptors (Lipinski definition) is 3. The van der Waals surface area contributed by atoms with Crippen molar-refractivity contribution in [2.45, 2.75) is 25.8 Å². The normalized spacial score (nSPS) is 12.5. The minimum atomic E-state index is 0.292. The van der Waals surface area contributed by atoms with E-state index in [4.69, 9.17) is 17.3 Å². The Hall–Kier alpha value is -0.800. The number of hydrogen-bond donors (Lipinski definition) is 2. The third-order valence-corrected chi connectivity index (χ3v) is 2.35. The number of nitrogens with one attached hydrogen (secondary N) is 1. The molecule has 3 nitrogen and oxygen atoms in total. The highest BCUT2D eigenvalue weighted by Gasteiger charge is 2.06. The van der Waals surface area contributed by atoms with Gasteiger partial charge in [0.1, 0.15) is 0 Å². The van der Waals surface area contributed by atoms with Crippen LogP contribution in [-0.2, 0) is 0 Å². The Morgan fingerprint density at radius 1 is 1.64 bits per heavy atom. The van der Waals surface area contributed by atoms with Gasteiger partial charge in [0.05, 0.1) is 10.7 Å². The maximum atomic E-state index is 5.96. The van der Waals surface area contributed by atoms with E-state index >= 15 is 0 Å². The number of anilines is 1. The fraction of sp³-hybridized carbons (Fsp3) is 0.500. The molecule has 0 saturated carbocycles. The van der Waals surface area contributed by atoms with E-state index in [1.54, 1.807) is 12.4 Å². The monoisotopic (exact) mass is 213 g/mol. The molecule has 1 heterocycles. The predicted octanol–water partition coefficient (Wildman–Crippen LogP) is 2.27. The summed E-state index contributed by atoms with van der Waals surface area (Å²) < 4.78 is 0. The second-order valence-corrected chi connectivity index (χ2v) is 3.63. The van der Waals surface area contributed by atoms with Crippen LogP contribution in [0.2, 0.25) is 5.02 Å². The van der Waals surface area contributed by atoms with Gasteiger partial charge in [-0.3, -0.25) is 4.98 Å². The number of halogens is 1. The molecule has 1 atom stereocenters. The molecule has 1 aromatic heterocycles. The molecule has 0 saturated heterocycles. The zero-order valence-electron chi connectivity index (χ0n) is 8.33. The van der Waals surface area contributed by atoms with E-state index in [0.717, 1.165) is 18.5 Å². The SMILES string of the molecule is CCCC(CN)Nc1ccncc1Cl. The van der Waals surface area contributed by atoms with Gasteiger partial charge in [0, 0.05) is 25.0 Å². The van der Waals surface area contributed by atoms with Crippen molar-refractivity contribution >= 4 is 17.3 Å². The third-order valence-electron chi connectivity index (χ3n) is 2.05. The Kier molecular flexibility index (Phi) is 4.70.